The average Bonchev–Trinajstić information content (AvgIpc) is 3.15. The lowest BCUT2D eigenvalue weighted by Gasteiger charge is -2.04. The molecule has 0 bridgehead atoms. The summed E-state index contributed by atoms with van der Waals surface area (Å²) in [5, 5.41) is 0.678. The molecule has 0 atom stereocenters. The summed E-state index contributed by atoms with van der Waals surface area (Å²) < 4.78 is 26.3. The third kappa shape index (κ3) is 3.13. The first-order valence-corrected chi connectivity index (χ1v) is 7.25. The number of aromatic nitrogens is 4. The second-order valence-corrected chi connectivity index (χ2v) is 5.25. The van der Waals surface area contributed by atoms with Crippen LogP contribution in [0.4, 0.5) is 8.78 Å². The van der Waals surface area contributed by atoms with E-state index < -0.39 is 6.55 Å². The van der Waals surface area contributed by atoms with Gasteiger partial charge in [0.2, 0.25) is 0 Å². The van der Waals surface area contributed by atoms with Gasteiger partial charge in [-0.2, -0.15) is 8.78 Å². The fourth-order valence-corrected chi connectivity index (χ4v) is 2.71. The predicted octanol–water partition coefficient (Wildman–Crippen LogP) is 3.96. The molecule has 0 fully saturated rings. The van der Waals surface area contributed by atoms with Gasteiger partial charge in [0.15, 0.2) is 5.16 Å². The largest absolute Gasteiger partial charge is 0.333 e. The number of benzene rings is 1. The monoisotopic (exact) mass is 306 g/mol. The smallest absolute Gasteiger partial charge is 0.319 e. The lowest BCUT2D eigenvalue weighted by Crippen LogP contribution is -2.02. The molecule has 108 valence electrons. The topological polar surface area (TPSA) is 46.5 Å². The summed E-state index contributed by atoms with van der Waals surface area (Å²) in [6, 6.07) is 9.79. The zero-order valence-corrected chi connectivity index (χ0v) is 11.7. The quantitative estimate of drug-likeness (QED) is 0.726. The number of halogens is 2. The molecule has 0 saturated carbocycles. The molecule has 2 aromatic heterocycles. The van der Waals surface area contributed by atoms with E-state index in [0.717, 1.165) is 15.8 Å². The van der Waals surface area contributed by atoms with Gasteiger partial charge in [-0.15, -0.1) is 0 Å². The third-order valence-corrected chi connectivity index (χ3v) is 3.82. The van der Waals surface area contributed by atoms with Crippen LogP contribution >= 0.6 is 11.8 Å². The summed E-state index contributed by atoms with van der Waals surface area (Å²) in [6.45, 7) is -2.57. The minimum Gasteiger partial charge on any atom is -0.333 e. The second kappa shape index (κ2) is 6.09. The van der Waals surface area contributed by atoms with Crippen LogP contribution in [0.3, 0.4) is 0 Å². The number of alkyl halides is 2. The zero-order valence-electron chi connectivity index (χ0n) is 10.9. The van der Waals surface area contributed by atoms with E-state index in [4.69, 9.17) is 0 Å². The molecule has 1 aromatic carbocycles. The Hall–Kier alpha value is -2.15. The van der Waals surface area contributed by atoms with Gasteiger partial charge in [-0.3, -0.25) is 4.57 Å². The molecule has 7 heteroatoms. The number of aromatic amines is 1. The molecular formula is C14H12F2N4S. The van der Waals surface area contributed by atoms with Crippen LogP contribution in [-0.4, -0.2) is 19.5 Å². The van der Waals surface area contributed by atoms with Crippen LogP contribution in [0.1, 0.15) is 12.4 Å². The van der Waals surface area contributed by atoms with Crippen molar-refractivity contribution in [2.45, 2.75) is 17.5 Å². The highest BCUT2D eigenvalue weighted by molar-refractivity contribution is 7.98. The maximum atomic E-state index is 12.7. The first-order chi connectivity index (χ1) is 10.2. The minimum atomic E-state index is -2.57. The Morgan fingerprint density at radius 1 is 1.19 bits per heavy atom. The highest BCUT2D eigenvalue weighted by atomic mass is 32.2. The molecule has 0 unspecified atom stereocenters. The van der Waals surface area contributed by atoms with Crippen molar-refractivity contribution < 1.29 is 8.78 Å². The summed E-state index contributed by atoms with van der Waals surface area (Å²) >= 11 is 1.34. The number of rotatable bonds is 5. The van der Waals surface area contributed by atoms with E-state index >= 15 is 0 Å². The van der Waals surface area contributed by atoms with Gasteiger partial charge in [-0.05, 0) is 5.56 Å². The summed E-state index contributed by atoms with van der Waals surface area (Å²) in [6.07, 6.45) is 4.38. The molecule has 0 saturated heterocycles. The molecule has 3 aromatic rings. The van der Waals surface area contributed by atoms with Gasteiger partial charge < -0.3 is 4.98 Å². The van der Waals surface area contributed by atoms with Crippen molar-refractivity contribution in [1.82, 2.24) is 19.5 Å². The molecule has 1 N–H and O–H groups in total. The van der Waals surface area contributed by atoms with E-state index in [9.17, 15) is 8.78 Å². The van der Waals surface area contributed by atoms with Crippen LogP contribution in [0.25, 0.3) is 11.3 Å². The predicted molar refractivity (Wildman–Crippen MR) is 77.1 cm³/mol. The normalized spacial score (nSPS) is 11.2. The van der Waals surface area contributed by atoms with Crippen molar-refractivity contribution in [3.63, 3.8) is 0 Å². The first-order valence-electron chi connectivity index (χ1n) is 6.27. The number of nitrogens with zero attached hydrogens (tertiary/aromatic N) is 3. The number of thioether (sulfide) groups is 1. The van der Waals surface area contributed by atoms with Crippen molar-refractivity contribution in [3.8, 4) is 11.3 Å². The van der Waals surface area contributed by atoms with E-state index in [1.165, 1.54) is 24.2 Å². The number of hydrogen-bond acceptors (Lipinski definition) is 3. The molecule has 4 nitrogen and oxygen atoms in total. The Morgan fingerprint density at radius 2 is 2.00 bits per heavy atom. The molecule has 0 radical (unpaired) electrons. The standard InChI is InChI=1S/C14H12F2N4S/c15-13(16)20-7-6-17-12(20)9-21-14-18-8-11(19-14)10-4-2-1-3-5-10/h1-8,13H,9H2,(H,18,19). The molecule has 0 aliphatic rings. The summed E-state index contributed by atoms with van der Waals surface area (Å²) in [5.74, 6) is 0.659. The first kappa shape index (κ1) is 13.8. The van der Waals surface area contributed by atoms with Crippen molar-refractivity contribution in [2.75, 3.05) is 0 Å². The number of nitrogens with one attached hydrogen (secondary N) is 1. The Labute approximate surface area is 124 Å². The molecule has 0 aliphatic carbocycles. The summed E-state index contributed by atoms with van der Waals surface area (Å²) in [7, 11) is 0. The van der Waals surface area contributed by atoms with E-state index in [0.29, 0.717) is 16.7 Å². The SMILES string of the molecule is FC(F)n1ccnc1CSc1ncc(-c2ccccc2)[nH]1. The van der Waals surface area contributed by atoms with Crippen LogP contribution in [-0.2, 0) is 5.75 Å². The van der Waals surface area contributed by atoms with Gasteiger partial charge in [-0.1, -0.05) is 42.1 Å². The van der Waals surface area contributed by atoms with E-state index in [-0.39, 0.29) is 0 Å². The van der Waals surface area contributed by atoms with Gasteiger partial charge in [0.25, 0.3) is 0 Å². The average molecular weight is 306 g/mol. The van der Waals surface area contributed by atoms with E-state index in [1.54, 1.807) is 6.20 Å². The van der Waals surface area contributed by atoms with Crippen LogP contribution in [0, 0.1) is 0 Å². The lowest BCUT2D eigenvalue weighted by molar-refractivity contribution is 0.0678. The van der Waals surface area contributed by atoms with Crippen LogP contribution < -0.4 is 0 Å². The van der Waals surface area contributed by atoms with Crippen molar-refractivity contribution >= 4 is 11.8 Å². The molecule has 3 rings (SSSR count). The van der Waals surface area contributed by atoms with Gasteiger partial charge in [0, 0.05) is 12.4 Å². The molecule has 0 aliphatic heterocycles. The second-order valence-electron chi connectivity index (χ2n) is 4.29. The van der Waals surface area contributed by atoms with Crippen LogP contribution in [0.5, 0.6) is 0 Å². The van der Waals surface area contributed by atoms with Crippen LogP contribution in [0.15, 0.2) is 54.1 Å². The summed E-state index contributed by atoms with van der Waals surface area (Å²) in [4.78, 5) is 11.4. The fourth-order valence-electron chi connectivity index (χ4n) is 1.91. The highest BCUT2D eigenvalue weighted by Crippen LogP contribution is 2.24. The van der Waals surface area contributed by atoms with Gasteiger partial charge in [-0.25, -0.2) is 9.97 Å². The van der Waals surface area contributed by atoms with Crippen LogP contribution in [0.2, 0.25) is 0 Å². The number of hydrogen-bond donors (Lipinski definition) is 1. The maximum Gasteiger partial charge on any atom is 0.319 e. The third-order valence-electron chi connectivity index (χ3n) is 2.93. The van der Waals surface area contributed by atoms with Crippen molar-refractivity contribution in [3.05, 3.63) is 54.7 Å². The maximum absolute atomic E-state index is 12.7. The molecule has 21 heavy (non-hydrogen) atoms. The summed E-state index contributed by atoms with van der Waals surface area (Å²) in [5.41, 5.74) is 1.93. The van der Waals surface area contributed by atoms with Gasteiger partial charge >= 0.3 is 6.55 Å². The Kier molecular flexibility index (Phi) is 4.01. The van der Waals surface area contributed by atoms with Crippen molar-refractivity contribution in [1.29, 1.82) is 0 Å². The number of imidazole rings is 2. The molecule has 2 heterocycles. The molecule has 0 amide bonds. The minimum absolute atomic E-state index is 0.327. The molecule has 0 spiro atoms. The van der Waals surface area contributed by atoms with Crippen molar-refractivity contribution in [2.24, 2.45) is 0 Å². The molecular weight excluding hydrogens is 294 g/mol. The Morgan fingerprint density at radius 3 is 2.76 bits per heavy atom. The zero-order chi connectivity index (χ0) is 14.7. The van der Waals surface area contributed by atoms with E-state index in [1.807, 2.05) is 30.3 Å². The van der Waals surface area contributed by atoms with Gasteiger partial charge in [0.1, 0.15) is 5.82 Å². The lowest BCUT2D eigenvalue weighted by atomic mass is 10.2. The highest BCUT2D eigenvalue weighted by Gasteiger charge is 2.12. The number of H-pyrrole nitrogens is 1. The van der Waals surface area contributed by atoms with Gasteiger partial charge in [0.05, 0.1) is 17.6 Å². The Bertz CT molecular complexity index is 709. The Balaban J connectivity index is 1.69. The van der Waals surface area contributed by atoms with E-state index in [2.05, 4.69) is 15.0 Å². The fraction of sp³-hybridized carbons (Fsp3) is 0.143.